The summed E-state index contributed by atoms with van der Waals surface area (Å²) in [5, 5.41) is 23.5. The van der Waals surface area contributed by atoms with Crippen LogP contribution in [0.5, 0.6) is 0 Å². The molecule has 1 aliphatic heterocycles. The first kappa shape index (κ1) is 16.4. The van der Waals surface area contributed by atoms with Gasteiger partial charge in [-0.1, -0.05) is 12.1 Å². The predicted molar refractivity (Wildman–Crippen MR) is 87.6 cm³/mol. The lowest BCUT2D eigenvalue weighted by Crippen LogP contribution is -2.37. The third kappa shape index (κ3) is 2.54. The Morgan fingerprint density at radius 3 is 2.75 bits per heavy atom. The average molecular weight is 367 g/mol. The van der Waals surface area contributed by atoms with Gasteiger partial charge in [-0.2, -0.15) is 0 Å². The quantitative estimate of drug-likeness (QED) is 0.748. The molecule has 0 radical (unpaired) electrons. The summed E-state index contributed by atoms with van der Waals surface area (Å²) < 4.78 is 25.8. The summed E-state index contributed by atoms with van der Waals surface area (Å²) in [6, 6.07) is 5.89. The second kappa shape index (κ2) is 5.89. The number of thiazole rings is 1. The molecular weight excluding hydrogens is 354 g/mol. The Kier molecular flexibility index (Phi) is 4.03. The predicted octanol–water partition coefficient (Wildman–Crippen LogP) is 1.13. The maximum absolute atomic E-state index is 12.5. The number of benzene rings is 1. The van der Waals surface area contributed by atoms with E-state index in [0.717, 1.165) is 15.6 Å². The van der Waals surface area contributed by atoms with Crippen molar-refractivity contribution in [3.8, 4) is 0 Å². The number of hydrogen-bond donors (Lipinski definition) is 3. The van der Waals surface area contributed by atoms with Crippen molar-refractivity contribution in [1.82, 2.24) is 9.29 Å². The number of hydrogen-bond acceptors (Lipinski definition) is 7. The van der Waals surface area contributed by atoms with E-state index in [1.165, 1.54) is 25.2 Å². The number of anilines is 1. The lowest BCUT2D eigenvalue weighted by Gasteiger charge is -2.28. The standard InChI is InChI=1S/C14H13N3O5S2/c1-17-11(13(20)16-14-15-8(6-18)7-23-14)12(19)9-4-2-3-5-10(9)24(17,21)22/h2-5,7,18-19H,6H2,1H3,(H,15,16,20). The molecule has 1 aromatic heterocycles. The van der Waals surface area contributed by atoms with Gasteiger partial charge in [-0.05, 0) is 12.1 Å². The van der Waals surface area contributed by atoms with Crippen molar-refractivity contribution in [3.63, 3.8) is 0 Å². The first-order valence-electron chi connectivity index (χ1n) is 6.74. The van der Waals surface area contributed by atoms with Crippen LogP contribution in [0.25, 0.3) is 5.76 Å². The van der Waals surface area contributed by atoms with Crippen LogP contribution in [0.15, 0.2) is 40.2 Å². The molecule has 3 rings (SSSR count). The van der Waals surface area contributed by atoms with Gasteiger partial charge in [-0.3, -0.25) is 14.4 Å². The van der Waals surface area contributed by atoms with Gasteiger partial charge in [0, 0.05) is 18.0 Å². The van der Waals surface area contributed by atoms with Crippen molar-refractivity contribution in [2.75, 3.05) is 12.4 Å². The number of carbonyl (C=O) groups is 1. The zero-order valence-corrected chi connectivity index (χ0v) is 14.1. The Balaban J connectivity index is 2.04. The van der Waals surface area contributed by atoms with E-state index < -0.39 is 27.4 Å². The summed E-state index contributed by atoms with van der Waals surface area (Å²) in [6.45, 7) is -0.276. The second-order valence-electron chi connectivity index (χ2n) is 4.92. The Labute approximate surface area is 141 Å². The molecule has 0 saturated heterocycles. The summed E-state index contributed by atoms with van der Waals surface area (Å²) in [5.41, 5.74) is 0.0499. The van der Waals surface area contributed by atoms with Crippen LogP contribution in [0.1, 0.15) is 11.3 Å². The first-order valence-corrected chi connectivity index (χ1v) is 9.06. The molecule has 0 aliphatic carbocycles. The number of amides is 1. The van der Waals surface area contributed by atoms with Crippen LogP contribution in [0.2, 0.25) is 0 Å². The number of fused-ring (bicyclic) bond motifs is 1. The summed E-state index contributed by atoms with van der Waals surface area (Å²) in [5.74, 6) is -1.24. The fourth-order valence-corrected chi connectivity index (χ4v) is 4.37. The Hall–Kier alpha value is -2.43. The van der Waals surface area contributed by atoms with Gasteiger partial charge in [-0.15, -0.1) is 11.3 Å². The van der Waals surface area contributed by atoms with E-state index in [9.17, 15) is 18.3 Å². The van der Waals surface area contributed by atoms with E-state index in [1.807, 2.05) is 0 Å². The number of carbonyl (C=O) groups excluding carboxylic acids is 1. The van der Waals surface area contributed by atoms with E-state index in [-0.39, 0.29) is 22.2 Å². The van der Waals surface area contributed by atoms with Crippen molar-refractivity contribution in [2.24, 2.45) is 0 Å². The van der Waals surface area contributed by atoms with Crippen LogP contribution in [0, 0.1) is 0 Å². The maximum Gasteiger partial charge on any atom is 0.278 e. The molecule has 3 N–H and O–H groups in total. The highest BCUT2D eigenvalue weighted by atomic mass is 32.2. The number of nitrogens with zero attached hydrogens (tertiary/aromatic N) is 2. The molecule has 126 valence electrons. The molecule has 0 fully saturated rings. The van der Waals surface area contributed by atoms with E-state index in [0.29, 0.717) is 5.69 Å². The number of likely N-dealkylation sites (N-methyl/N-ethyl adjacent to an activating group) is 1. The van der Waals surface area contributed by atoms with Gasteiger partial charge in [0.25, 0.3) is 15.9 Å². The van der Waals surface area contributed by atoms with Gasteiger partial charge >= 0.3 is 0 Å². The monoisotopic (exact) mass is 367 g/mol. The highest BCUT2D eigenvalue weighted by Gasteiger charge is 2.37. The molecule has 1 amide bonds. The van der Waals surface area contributed by atoms with Crippen LogP contribution in [-0.4, -0.2) is 40.9 Å². The third-order valence-corrected chi connectivity index (χ3v) is 6.09. The highest BCUT2D eigenvalue weighted by molar-refractivity contribution is 7.89. The zero-order valence-electron chi connectivity index (χ0n) is 12.4. The topological polar surface area (TPSA) is 120 Å². The third-order valence-electron chi connectivity index (χ3n) is 3.47. The molecule has 1 aromatic carbocycles. The van der Waals surface area contributed by atoms with Gasteiger partial charge in [0.2, 0.25) is 0 Å². The normalized spacial score (nSPS) is 16.0. The molecule has 8 nitrogen and oxygen atoms in total. The first-order chi connectivity index (χ1) is 11.4. The number of aliphatic hydroxyl groups is 2. The summed E-state index contributed by atoms with van der Waals surface area (Å²) in [7, 11) is -2.75. The average Bonchev–Trinajstić information content (AvgIpc) is 3.01. The van der Waals surface area contributed by atoms with Crippen LogP contribution >= 0.6 is 11.3 Å². The van der Waals surface area contributed by atoms with Crippen molar-refractivity contribution in [2.45, 2.75) is 11.5 Å². The van der Waals surface area contributed by atoms with E-state index in [2.05, 4.69) is 10.3 Å². The van der Waals surface area contributed by atoms with Crippen molar-refractivity contribution in [3.05, 3.63) is 46.6 Å². The van der Waals surface area contributed by atoms with Crippen molar-refractivity contribution in [1.29, 1.82) is 0 Å². The molecule has 0 bridgehead atoms. The van der Waals surface area contributed by atoms with Crippen molar-refractivity contribution < 1.29 is 23.4 Å². The fourth-order valence-electron chi connectivity index (χ4n) is 2.28. The number of aromatic nitrogens is 1. The van der Waals surface area contributed by atoms with Crippen LogP contribution in [0.4, 0.5) is 5.13 Å². The lowest BCUT2D eigenvalue weighted by atomic mass is 10.1. The highest BCUT2D eigenvalue weighted by Crippen LogP contribution is 2.34. The second-order valence-corrected chi connectivity index (χ2v) is 7.72. The molecular formula is C14H13N3O5S2. The van der Waals surface area contributed by atoms with Gasteiger partial charge in [0.1, 0.15) is 0 Å². The number of aliphatic hydroxyl groups excluding tert-OH is 2. The molecule has 0 spiro atoms. The fraction of sp³-hybridized carbons (Fsp3) is 0.143. The van der Waals surface area contributed by atoms with Crippen molar-refractivity contribution >= 4 is 38.2 Å². The van der Waals surface area contributed by atoms with Crippen LogP contribution in [0.3, 0.4) is 0 Å². The lowest BCUT2D eigenvalue weighted by molar-refractivity contribution is -0.113. The van der Waals surface area contributed by atoms with Crippen LogP contribution < -0.4 is 5.32 Å². The van der Waals surface area contributed by atoms with E-state index in [4.69, 9.17) is 5.11 Å². The van der Waals surface area contributed by atoms with Gasteiger partial charge < -0.3 is 10.2 Å². The van der Waals surface area contributed by atoms with Crippen LogP contribution in [-0.2, 0) is 21.4 Å². The number of sulfonamides is 1. The molecule has 24 heavy (non-hydrogen) atoms. The molecule has 1 aliphatic rings. The molecule has 10 heteroatoms. The maximum atomic E-state index is 12.5. The van der Waals surface area contributed by atoms with E-state index >= 15 is 0 Å². The SMILES string of the molecule is CN1C(C(=O)Nc2nc(CO)cs2)=C(O)c2ccccc2S1(=O)=O. The Morgan fingerprint density at radius 2 is 2.08 bits per heavy atom. The number of nitrogens with one attached hydrogen (secondary N) is 1. The minimum atomic E-state index is -3.94. The minimum Gasteiger partial charge on any atom is -0.505 e. The molecule has 2 heterocycles. The summed E-state index contributed by atoms with van der Waals surface area (Å²) in [4.78, 5) is 16.3. The largest absolute Gasteiger partial charge is 0.505 e. The summed E-state index contributed by atoms with van der Waals surface area (Å²) in [6.07, 6.45) is 0. The molecule has 0 atom stereocenters. The Morgan fingerprint density at radius 1 is 1.38 bits per heavy atom. The smallest absolute Gasteiger partial charge is 0.278 e. The Bertz CT molecular complexity index is 949. The molecule has 0 unspecified atom stereocenters. The minimum absolute atomic E-state index is 0.0657. The molecule has 0 saturated carbocycles. The number of rotatable bonds is 3. The zero-order chi connectivity index (χ0) is 17.5. The van der Waals surface area contributed by atoms with Gasteiger partial charge in [0.05, 0.1) is 17.2 Å². The summed E-state index contributed by atoms with van der Waals surface area (Å²) >= 11 is 1.08. The van der Waals surface area contributed by atoms with Gasteiger partial charge in [-0.25, -0.2) is 13.4 Å². The van der Waals surface area contributed by atoms with Gasteiger partial charge in [0.15, 0.2) is 16.6 Å². The van der Waals surface area contributed by atoms with E-state index in [1.54, 1.807) is 11.4 Å². The molecule has 2 aromatic rings.